The van der Waals surface area contributed by atoms with Gasteiger partial charge in [0.05, 0.1) is 0 Å². The molecule has 0 aliphatic heterocycles. The summed E-state index contributed by atoms with van der Waals surface area (Å²) in [4.78, 5) is 2.31. The molecule has 0 saturated carbocycles. The number of benzene rings is 1. The quantitative estimate of drug-likeness (QED) is 0.608. The minimum Gasteiger partial charge on any atom is -0.389 e. The van der Waals surface area contributed by atoms with Gasteiger partial charge in [0.25, 0.3) is 0 Å². The van der Waals surface area contributed by atoms with Crippen LogP contribution in [0.3, 0.4) is 0 Å². The second-order valence-electron chi connectivity index (χ2n) is 5.02. The molecule has 0 aliphatic rings. The lowest BCUT2D eigenvalue weighted by Crippen LogP contribution is -2.32. The Morgan fingerprint density at radius 2 is 2.05 bits per heavy atom. The van der Waals surface area contributed by atoms with Gasteiger partial charge in [-0.2, -0.15) is 0 Å². The van der Waals surface area contributed by atoms with Crippen molar-refractivity contribution in [1.82, 2.24) is 0 Å². The average Bonchev–Trinajstić information content (AvgIpc) is 2.33. The molecule has 0 unspecified atom stereocenters. The van der Waals surface area contributed by atoms with Crippen LogP contribution in [0.5, 0.6) is 0 Å². The molecule has 1 aromatic rings. The third kappa shape index (κ3) is 4.46. The molecule has 1 rings (SSSR count). The van der Waals surface area contributed by atoms with Crippen molar-refractivity contribution in [2.24, 2.45) is 5.73 Å². The van der Waals surface area contributed by atoms with Gasteiger partial charge in [-0.25, -0.2) is 4.39 Å². The standard InChI is InChI=1S/C15H23FN2S/c1-4-5-6-9-18(11(2)3)12-7-8-13(15(17)19)14(16)10-12/h7-8,10-11H,4-6,9H2,1-3H3,(H2,17,19). The zero-order valence-corrected chi connectivity index (χ0v) is 12.8. The Bertz CT molecular complexity index is 432. The molecule has 19 heavy (non-hydrogen) atoms. The van der Waals surface area contributed by atoms with E-state index < -0.39 is 0 Å². The van der Waals surface area contributed by atoms with Crippen molar-refractivity contribution in [2.75, 3.05) is 11.4 Å². The number of unbranched alkanes of at least 4 members (excludes halogenated alkanes) is 2. The summed E-state index contributed by atoms with van der Waals surface area (Å²) in [7, 11) is 0. The first-order valence-electron chi connectivity index (χ1n) is 6.83. The van der Waals surface area contributed by atoms with E-state index in [0.29, 0.717) is 11.6 Å². The Labute approximate surface area is 120 Å². The van der Waals surface area contributed by atoms with Gasteiger partial charge in [0.15, 0.2) is 0 Å². The van der Waals surface area contributed by atoms with E-state index in [1.54, 1.807) is 6.07 Å². The molecule has 0 radical (unpaired) electrons. The van der Waals surface area contributed by atoms with Crippen molar-refractivity contribution < 1.29 is 4.39 Å². The molecule has 0 aliphatic carbocycles. The van der Waals surface area contributed by atoms with Crippen LogP contribution in [0.4, 0.5) is 10.1 Å². The minimum absolute atomic E-state index is 0.103. The van der Waals surface area contributed by atoms with Crippen LogP contribution in [0.15, 0.2) is 18.2 Å². The number of thiocarbonyl (C=S) groups is 1. The summed E-state index contributed by atoms with van der Waals surface area (Å²) >= 11 is 4.82. The van der Waals surface area contributed by atoms with Crippen LogP contribution >= 0.6 is 12.2 Å². The van der Waals surface area contributed by atoms with Crippen molar-refractivity contribution >= 4 is 22.9 Å². The van der Waals surface area contributed by atoms with Crippen LogP contribution in [0.25, 0.3) is 0 Å². The van der Waals surface area contributed by atoms with Gasteiger partial charge in [0.1, 0.15) is 10.8 Å². The van der Waals surface area contributed by atoms with Crippen LogP contribution < -0.4 is 10.6 Å². The molecule has 0 saturated heterocycles. The van der Waals surface area contributed by atoms with Gasteiger partial charge in [0.2, 0.25) is 0 Å². The van der Waals surface area contributed by atoms with Crippen LogP contribution in [0.1, 0.15) is 45.6 Å². The molecule has 0 fully saturated rings. The van der Waals surface area contributed by atoms with Crippen LogP contribution in [0.2, 0.25) is 0 Å². The molecular weight excluding hydrogens is 259 g/mol. The van der Waals surface area contributed by atoms with E-state index in [4.69, 9.17) is 18.0 Å². The fourth-order valence-corrected chi connectivity index (χ4v) is 2.27. The summed E-state index contributed by atoms with van der Waals surface area (Å²) in [6, 6.07) is 5.43. The van der Waals surface area contributed by atoms with E-state index in [9.17, 15) is 4.39 Å². The van der Waals surface area contributed by atoms with Gasteiger partial charge in [0, 0.05) is 23.8 Å². The largest absolute Gasteiger partial charge is 0.389 e. The molecule has 1 aromatic carbocycles. The zero-order valence-electron chi connectivity index (χ0n) is 11.9. The number of halogens is 1. The molecule has 0 aromatic heterocycles. The highest BCUT2D eigenvalue weighted by Crippen LogP contribution is 2.21. The van der Waals surface area contributed by atoms with E-state index in [0.717, 1.165) is 18.7 Å². The number of anilines is 1. The van der Waals surface area contributed by atoms with Gasteiger partial charge in [-0.05, 0) is 38.5 Å². The van der Waals surface area contributed by atoms with Crippen LogP contribution in [0, 0.1) is 5.82 Å². The SMILES string of the molecule is CCCCCN(c1ccc(C(N)=S)c(F)c1)C(C)C. The summed E-state index contributed by atoms with van der Waals surface area (Å²) in [6.45, 7) is 7.35. The molecule has 0 heterocycles. The van der Waals surface area contributed by atoms with Gasteiger partial charge in [-0.15, -0.1) is 0 Å². The fraction of sp³-hybridized carbons (Fsp3) is 0.533. The molecular formula is C15H23FN2S. The highest BCUT2D eigenvalue weighted by molar-refractivity contribution is 7.80. The monoisotopic (exact) mass is 282 g/mol. The molecule has 2 nitrogen and oxygen atoms in total. The predicted octanol–water partition coefficient (Wildman–Crippen LogP) is 3.86. The fourth-order valence-electron chi connectivity index (χ4n) is 2.10. The van der Waals surface area contributed by atoms with Gasteiger partial charge in [-0.3, -0.25) is 0 Å². The summed E-state index contributed by atoms with van der Waals surface area (Å²) in [5.74, 6) is -0.342. The summed E-state index contributed by atoms with van der Waals surface area (Å²) < 4.78 is 13.9. The molecule has 0 bridgehead atoms. The normalized spacial score (nSPS) is 10.8. The van der Waals surface area contributed by atoms with Crippen LogP contribution in [-0.4, -0.2) is 17.6 Å². The van der Waals surface area contributed by atoms with Crippen molar-refractivity contribution in [3.63, 3.8) is 0 Å². The summed E-state index contributed by atoms with van der Waals surface area (Å²) in [5, 5.41) is 0. The van der Waals surface area contributed by atoms with E-state index in [-0.39, 0.29) is 10.8 Å². The Morgan fingerprint density at radius 1 is 1.37 bits per heavy atom. The smallest absolute Gasteiger partial charge is 0.135 e. The minimum atomic E-state index is -0.342. The number of rotatable bonds is 7. The topological polar surface area (TPSA) is 29.3 Å². The molecule has 0 spiro atoms. The lowest BCUT2D eigenvalue weighted by Gasteiger charge is -2.29. The van der Waals surface area contributed by atoms with Crippen molar-refractivity contribution in [3.8, 4) is 0 Å². The second-order valence-corrected chi connectivity index (χ2v) is 5.46. The third-order valence-corrected chi connectivity index (χ3v) is 3.40. The summed E-state index contributed by atoms with van der Waals surface area (Å²) in [6.07, 6.45) is 3.49. The van der Waals surface area contributed by atoms with Crippen LogP contribution in [-0.2, 0) is 0 Å². The first-order valence-corrected chi connectivity index (χ1v) is 7.24. The maximum Gasteiger partial charge on any atom is 0.135 e. The summed E-state index contributed by atoms with van der Waals surface area (Å²) in [5.41, 5.74) is 6.68. The molecule has 0 amide bonds. The van der Waals surface area contributed by atoms with Gasteiger partial charge >= 0.3 is 0 Å². The van der Waals surface area contributed by atoms with Gasteiger partial charge in [-0.1, -0.05) is 32.0 Å². The molecule has 106 valence electrons. The van der Waals surface area contributed by atoms with Crippen molar-refractivity contribution in [3.05, 3.63) is 29.6 Å². The zero-order chi connectivity index (χ0) is 14.4. The predicted molar refractivity (Wildman–Crippen MR) is 84.3 cm³/mol. The molecule has 2 N–H and O–H groups in total. The van der Waals surface area contributed by atoms with E-state index in [1.807, 2.05) is 6.07 Å². The lowest BCUT2D eigenvalue weighted by molar-refractivity contribution is 0.609. The molecule has 4 heteroatoms. The molecule has 0 atom stereocenters. The highest BCUT2D eigenvalue weighted by atomic mass is 32.1. The van der Waals surface area contributed by atoms with E-state index in [1.165, 1.54) is 18.9 Å². The Kier molecular flexibility index (Phi) is 6.22. The Hall–Kier alpha value is -1.16. The third-order valence-electron chi connectivity index (χ3n) is 3.18. The number of hydrogen-bond donors (Lipinski definition) is 1. The maximum absolute atomic E-state index is 13.9. The maximum atomic E-state index is 13.9. The van der Waals surface area contributed by atoms with E-state index >= 15 is 0 Å². The average molecular weight is 282 g/mol. The number of nitrogens with two attached hydrogens (primary N) is 1. The van der Waals surface area contributed by atoms with E-state index in [2.05, 4.69) is 25.7 Å². The number of hydrogen-bond acceptors (Lipinski definition) is 2. The van der Waals surface area contributed by atoms with Gasteiger partial charge < -0.3 is 10.6 Å². The number of nitrogens with zero attached hydrogens (tertiary/aromatic N) is 1. The second kappa shape index (κ2) is 7.43. The lowest BCUT2D eigenvalue weighted by atomic mass is 10.1. The van der Waals surface area contributed by atoms with Crippen molar-refractivity contribution in [1.29, 1.82) is 0 Å². The Balaban J connectivity index is 2.90. The first-order chi connectivity index (χ1) is 8.97. The van der Waals surface area contributed by atoms with Crippen molar-refractivity contribution in [2.45, 2.75) is 46.1 Å². The highest BCUT2D eigenvalue weighted by Gasteiger charge is 2.13. The first kappa shape index (κ1) is 15.9. The Morgan fingerprint density at radius 3 is 2.53 bits per heavy atom.